The van der Waals surface area contributed by atoms with Gasteiger partial charge in [-0.3, -0.25) is 10.3 Å². The zero-order valence-corrected chi connectivity index (χ0v) is 30.2. The molecule has 0 atom stereocenters. The Labute approximate surface area is 271 Å². The molecule has 0 amide bonds. The van der Waals surface area contributed by atoms with Crippen LogP contribution in [-0.2, 0) is 38.7 Å². The van der Waals surface area contributed by atoms with Crippen LogP contribution in [0.1, 0.15) is 105 Å². The molecule has 0 saturated carbocycles. The van der Waals surface area contributed by atoms with Crippen molar-refractivity contribution in [3.63, 3.8) is 0 Å². The molecule has 4 aromatic rings. The summed E-state index contributed by atoms with van der Waals surface area (Å²) in [4.78, 5) is 0. The van der Waals surface area contributed by atoms with Crippen molar-refractivity contribution in [2.45, 2.75) is 105 Å². The van der Waals surface area contributed by atoms with Gasteiger partial charge >= 0.3 is 35.6 Å². The van der Waals surface area contributed by atoms with E-state index >= 15 is 0 Å². The van der Waals surface area contributed by atoms with E-state index < -0.39 is 17.0 Å². The van der Waals surface area contributed by atoms with Crippen LogP contribution >= 0.6 is 18.6 Å². The van der Waals surface area contributed by atoms with Crippen molar-refractivity contribution in [2.75, 3.05) is 0 Å². The second-order valence-electron chi connectivity index (χ2n) is 14.3. The fourth-order valence-electron chi connectivity index (χ4n) is 4.15. The molecule has 2 aromatic carbocycles. The molecule has 13 heteroatoms. The third-order valence-electron chi connectivity index (χ3n) is 6.71. The van der Waals surface area contributed by atoms with E-state index in [9.17, 15) is 10.2 Å². The number of aromatic hydroxyl groups is 2. The molecule has 2 heterocycles. The molecule has 0 aliphatic carbocycles. The molecule has 0 unspecified atom stereocenters. The average Bonchev–Trinajstić information content (AvgIpc) is 3.57. The molecule has 0 saturated heterocycles. The second kappa shape index (κ2) is 14.1. The molecule has 43 heavy (non-hydrogen) atoms. The van der Waals surface area contributed by atoms with E-state index in [0.29, 0.717) is 22.8 Å². The SMILES string of the molecule is CC(C)(C)c1cc(-c2nn[nH]n2)c(O)c(C(C)(C)C)c1.CC(C)(C)c1cc(-c2nnn[n-]2)c(O)c(C(C)(C)C)c1.[Cl][Ti][Cl]. The average molecular weight is 667 g/mol. The number of hydrogen-bond acceptors (Lipinski definition) is 8. The van der Waals surface area contributed by atoms with Gasteiger partial charge in [0.1, 0.15) is 11.5 Å². The van der Waals surface area contributed by atoms with Gasteiger partial charge in [-0.15, -0.1) is 10.2 Å². The van der Waals surface area contributed by atoms with Gasteiger partial charge in [-0.25, -0.2) is 0 Å². The molecular formula is C30H43Cl2N8O2Ti-. The molecule has 0 aliphatic rings. The molecular weight excluding hydrogens is 623 g/mol. The van der Waals surface area contributed by atoms with Crippen LogP contribution in [0.15, 0.2) is 24.3 Å². The van der Waals surface area contributed by atoms with Crippen LogP contribution < -0.4 is 5.10 Å². The minimum absolute atomic E-state index is 0.0216. The van der Waals surface area contributed by atoms with E-state index in [1.54, 1.807) is 0 Å². The molecule has 234 valence electrons. The molecule has 0 radical (unpaired) electrons. The van der Waals surface area contributed by atoms with E-state index in [4.69, 9.17) is 18.6 Å². The van der Waals surface area contributed by atoms with Gasteiger partial charge in [-0.2, -0.15) is 10.4 Å². The Morgan fingerprint density at radius 3 is 1.47 bits per heavy atom. The van der Waals surface area contributed by atoms with Gasteiger partial charge < -0.3 is 15.3 Å². The number of aromatic nitrogens is 8. The predicted molar refractivity (Wildman–Crippen MR) is 168 cm³/mol. The van der Waals surface area contributed by atoms with Crippen molar-refractivity contribution in [3.05, 3.63) is 46.5 Å². The van der Waals surface area contributed by atoms with E-state index in [2.05, 4.69) is 136 Å². The molecule has 0 fully saturated rings. The first-order valence-electron chi connectivity index (χ1n) is 13.8. The Hall–Kier alpha value is -2.53. The summed E-state index contributed by atoms with van der Waals surface area (Å²) in [7, 11) is 9.78. The van der Waals surface area contributed by atoms with Gasteiger partial charge in [0, 0.05) is 22.5 Å². The first-order chi connectivity index (χ1) is 19.6. The summed E-state index contributed by atoms with van der Waals surface area (Å²) in [5, 5.41) is 49.8. The molecule has 2 aromatic heterocycles. The molecule has 0 bridgehead atoms. The first-order valence-corrected chi connectivity index (χ1v) is 18.1. The van der Waals surface area contributed by atoms with Crippen molar-refractivity contribution in [1.82, 2.24) is 41.2 Å². The maximum absolute atomic E-state index is 10.6. The summed E-state index contributed by atoms with van der Waals surface area (Å²) in [5.41, 5.74) is 4.86. The third kappa shape index (κ3) is 9.73. The Bertz CT molecular complexity index is 1350. The van der Waals surface area contributed by atoms with E-state index in [-0.39, 0.29) is 33.2 Å². The van der Waals surface area contributed by atoms with E-state index in [1.807, 2.05) is 12.1 Å². The summed E-state index contributed by atoms with van der Waals surface area (Å²) in [6, 6.07) is 7.99. The number of benzene rings is 2. The van der Waals surface area contributed by atoms with Gasteiger partial charge in [0.05, 0.1) is 5.56 Å². The van der Waals surface area contributed by atoms with Crippen molar-refractivity contribution in [3.8, 4) is 34.3 Å². The molecule has 4 rings (SSSR count). The van der Waals surface area contributed by atoms with Crippen LogP contribution in [0.2, 0.25) is 0 Å². The summed E-state index contributed by atoms with van der Waals surface area (Å²) in [6.45, 7) is 25.3. The van der Waals surface area contributed by atoms with Crippen LogP contribution in [0, 0.1) is 0 Å². The number of phenols is 2. The minimum atomic E-state index is -0.556. The fourth-order valence-corrected chi connectivity index (χ4v) is 4.15. The van der Waals surface area contributed by atoms with Crippen molar-refractivity contribution >= 4 is 18.6 Å². The number of nitrogens with zero attached hydrogens (tertiary/aromatic N) is 7. The summed E-state index contributed by atoms with van der Waals surface area (Å²) in [5.74, 6) is 1.21. The Kier molecular flexibility index (Phi) is 12.0. The first kappa shape index (κ1) is 36.7. The number of tetrazole rings is 2. The van der Waals surface area contributed by atoms with Crippen LogP contribution in [0.4, 0.5) is 0 Å². The maximum atomic E-state index is 10.6. The van der Waals surface area contributed by atoms with Gasteiger partial charge in [0.15, 0.2) is 0 Å². The van der Waals surface area contributed by atoms with Crippen molar-refractivity contribution < 1.29 is 27.2 Å². The second-order valence-corrected chi connectivity index (χ2v) is 16.9. The predicted octanol–water partition coefficient (Wildman–Crippen LogP) is 7.34. The fraction of sp³-hybridized carbons (Fsp3) is 0.533. The summed E-state index contributed by atoms with van der Waals surface area (Å²) in [6.07, 6.45) is 0. The number of rotatable bonds is 2. The number of hydrogen-bond donors (Lipinski definition) is 3. The molecule has 0 aliphatic heterocycles. The number of halogens is 2. The number of aromatic amines is 1. The molecule has 10 nitrogen and oxygen atoms in total. The summed E-state index contributed by atoms with van der Waals surface area (Å²) < 4.78 is 0. The normalized spacial score (nSPS) is 12.1. The number of H-pyrrole nitrogens is 1. The van der Waals surface area contributed by atoms with Gasteiger partial charge in [-0.1, -0.05) is 95.2 Å². The molecule has 3 N–H and O–H groups in total. The van der Waals surface area contributed by atoms with Gasteiger partial charge in [0.25, 0.3) is 0 Å². The quantitative estimate of drug-likeness (QED) is 0.187. The topological polar surface area (TPSA) is 148 Å². The Morgan fingerprint density at radius 2 is 1.12 bits per heavy atom. The van der Waals surface area contributed by atoms with Crippen molar-refractivity contribution in [1.29, 1.82) is 0 Å². The third-order valence-corrected chi connectivity index (χ3v) is 6.71. The van der Waals surface area contributed by atoms with E-state index in [1.165, 1.54) is 0 Å². The number of nitrogens with one attached hydrogen (secondary N) is 1. The van der Waals surface area contributed by atoms with Crippen LogP contribution in [0.5, 0.6) is 11.5 Å². The summed E-state index contributed by atoms with van der Waals surface area (Å²) >= 11 is -0.556. The van der Waals surface area contributed by atoms with Gasteiger partial charge in [0.2, 0.25) is 5.82 Å². The zero-order valence-electron chi connectivity index (χ0n) is 27.1. The van der Waals surface area contributed by atoms with Crippen LogP contribution in [-0.4, -0.2) is 46.4 Å². The zero-order chi connectivity index (χ0) is 33.0. The van der Waals surface area contributed by atoms with Crippen LogP contribution in [0.3, 0.4) is 0 Å². The van der Waals surface area contributed by atoms with Crippen LogP contribution in [0.25, 0.3) is 22.8 Å². The Balaban J connectivity index is 0.000000275. The van der Waals surface area contributed by atoms with Gasteiger partial charge in [-0.05, 0) is 50.1 Å². The Morgan fingerprint density at radius 1 is 0.674 bits per heavy atom. The number of phenolic OH excluding ortho intramolecular Hbond substituents is 2. The standard InChI is InChI=1S/C15H22N4O.C15H21N4O.2ClH.Ti/c2*1-14(2,3)9-7-10(13-16-18-19-17-13)12(20)11(8-9)15(4,5)6;;;/h7-8,20H,1-6H3,(H,16,17,18,19);7-8H,1-6H3,(H-,16,17,18,19,20);2*1H;/q;-1;;;+2/p-2. The monoisotopic (exact) mass is 665 g/mol. The van der Waals surface area contributed by atoms with Crippen molar-refractivity contribution in [2.24, 2.45) is 0 Å². The molecule has 0 spiro atoms. The van der Waals surface area contributed by atoms with E-state index in [0.717, 1.165) is 22.3 Å².